The predicted octanol–water partition coefficient (Wildman–Crippen LogP) is 0.781. The van der Waals surface area contributed by atoms with Gasteiger partial charge in [0.25, 0.3) is 0 Å². The molecule has 1 saturated heterocycles. The minimum Gasteiger partial charge on any atom is -0.444 e. The van der Waals surface area contributed by atoms with E-state index in [4.69, 9.17) is 4.74 Å². The second-order valence-electron chi connectivity index (χ2n) is 6.98. The highest BCUT2D eigenvalue weighted by atomic mass is 16.6. The molecular formula is C15H25N3O4. The number of amides is 3. The molecule has 0 aromatic carbocycles. The van der Waals surface area contributed by atoms with Gasteiger partial charge in [-0.2, -0.15) is 0 Å². The Hall–Kier alpha value is -1.79. The van der Waals surface area contributed by atoms with Gasteiger partial charge in [-0.15, -0.1) is 0 Å². The summed E-state index contributed by atoms with van der Waals surface area (Å²) in [5.74, 6) is -0.452. The molecule has 2 aliphatic rings. The summed E-state index contributed by atoms with van der Waals surface area (Å²) in [5.41, 5.74) is -1.38. The molecule has 0 unspecified atom stereocenters. The molecule has 0 aromatic rings. The summed E-state index contributed by atoms with van der Waals surface area (Å²) in [6, 6.07) is -0.558. The molecule has 1 atom stereocenters. The van der Waals surface area contributed by atoms with Gasteiger partial charge in [0.05, 0.1) is 0 Å². The van der Waals surface area contributed by atoms with Gasteiger partial charge in [-0.1, -0.05) is 0 Å². The number of hydrogen-bond acceptors (Lipinski definition) is 4. The molecule has 7 nitrogen and oxygen atoms in total. The van der Waals surface area contributed by atoms with Crippen molar-refractivity contribution >= 4 is 17.9 Å². The van der Waals surface area contributed by atoms with Gasteiger partial charge in [0.2, 0.25) is 11.8 Å². The molecule has 0 radical (unpaired) electrons. The van der Waals surface area contributed by atoms with Crippen molar-refractivity contribution < 1.29 is 19.1 Å². The summed E-state index contributed by atoms with van der Waals surface area (Å²) in [5, 5.41) is 5.38. The van der Waals surface area contributed by atoms with E-state index in [2.05, 4.69) is 10.6 Å². The molecule has 124 valence electrons. The van der Waals surface area contributed by atoms with Crippen molar-refractivity contribution in [2.24, 2.45) is 0 Å². The van der Waals surface area contributed by atoms with Gasteiger partial charge in [0, 0.05) is 13.6 Å². The minimum atomic E-state index is -0.784. The Morgan fingerprint density at radius 1 is 1.23 bits per heavy atom. The van der Waals surface area contributed by atoms with Gasteiger partial charge in [-0.25, -0.2) is 4.79 Å². The molecule has 7 heteroatoms. The van der Waals surface area contributed by atoms with Crippen LogP contribution in [0.2, 0.25) is 0 Å². The van der Waals surface area contributed by atoms with E-state index in [0.29, 0.717) is 25.8 Å². The lowest BCUT2D eigenvalue weighted by Gasteiger charge is -2.29. The SMILES string of the molecule is CNC(=O)C1(NC(=O)[C@@H]2CCCN2C(=O)OC(C)(C)C)CC1. The van der Waals surface area contributed by atoms with Crippen molar-refractivity contribution in [3.05, 3.63) is 0 Å². The van der Waals surface area contributed by atoms with Crippen LogP contribution in [0.5, 0.6) is 0 Å². The molecule has 2 rings (SSSR count). The number of nitrogens with one attached hydrogen (secondary N) is 2. The first kappa shape index (κ1) is 16.6. The van der Waals surface area contributed by atoms with Crippen molar-refractivity contribution in [3.8, 4) is 0 Å². The summed E-state index contributed by atoms with van der Waals surface area (Å²) in [4.78, 5) is 37.9. The van der Waals surface area contributed by atoms with Crippen molar-refractivity contribution in [1.82, 2.24) is 15.5 Å². The molecule has 1 aliphatic carbocycles. The summed E-state index contributed by atoms with van der Waals surface area (Å²) in [6.07, 6.45) is 2.14. The topological polar surface area (TPSA) is 87.7 Å². The summed E-state index contributed by atoms with van der Waals surface area (Å²) in [6.45, 7) is 5.88. The van der Waals surface area contributed by atoms with Crippen LogP contribution in [0, 0.1) is 0 Å². The highest BCUT2D eigenvalue weighted by Gasteiger charge is 2.52. The van der Waals surface area contributed by atoms with E-state index in [0.717, 1.165) is 6.42 Å². The Morgan fingerprint density at radius 3 is 2.36 bits per heavy atom. The van der Waals surface area contributed by atoms with Crippen LogP contribution in [-0.2, 0) is 14.3 Å². The lowest BCUT2D eigenvalue weighted by atomic mass is 10.1. The predicted molar refractivity (Wildman–Crippen MR) is 80.1 cm³/mol. The third-order valence-electron chi connectivity index (χ3n) is 3.96. The number of nitrogens with zero attached hydrogens (tertiary/aromatic N) is 1. The summed E-state index contributed by atoms with van der Waals surface area (Å²) >= 11 is 0. The van der Waals surface area contributed by atoms with Crippen molar-refractivity contribution in [2.45, 2.75) is 63.6 Å². The molecular weight excluding hydrogens is 286 g/mol. The van der Waals surface area contributed by atoms with Crippen molar-refractivity contribution in [3.63, 3.8) is 0 Å². The molecule has 2 fully saturated rings. The number of hydrogen-bond donors (Lipinski definition) is 2. The van der Waals surface area contributed by atoms with Gasteiger partial charge in [0.1, 0.15) is 17.2 Å². The van der Waals surface area contributed by atoms with E-state index in [1.54, 1.807) is 27.8 Å². The van der Waals surface area contributed by atoms with Crippen LogP contribution in [0.25, 0.3) is 0 Å². The van der Waals surface area contributed by atoms with Gasteiger partial charge >= 0.3 is 6.09 Å². The van der Waals surface area contributed by atoms with E-state index >= 15 is 0 Å². The maximum Gasteiger partial charge on any atom is 0.410 e. The Kier molecular flexibility index (Phi) is 4.35. The quantitative estimate of drug-likeness (QED) is 0.806. The first-order chi connectivity index (χ1) is 10.2. The molecule has 3 amide bonds. The Morgan fingerprint density at radius 2 is 1.86 bits per heavy atom. The van der Waals surface area contributed by atoms with E-state index in [1.165, 1.54) is 4.90 Å². The third kappa shape index (κ3) is 3.51. The minimum absolute atomic E-state index is 0.178. The molecule has 1 aliphatic heterocycles. The second-order valence-corrected chi connectivity index (χ2v) is 6.98. The van der Waals surface area contributed by atoms with Crippen LogP contribution >= 0.6 is 0 Å². The van der Waals surface area contributed by atoms with Gasteiger partial charge in [-0.05, 0) is 46.5 Å². The fourth-order valence-electron chi connectivity index (χ4n) is 2.67. The normalized spacial score (nSPS) is 22.9. The average Bonchev–Trinajstić information content (AvgIpc) is 3.02. The van der Waals surface area contributed by atoms with Gasteiger partial charge in [0.15, 0.2) is 0 Å². The van der Waals surface area contributed by atoms with E-state index in [-0.39, 0.29) is 11.8 Å². The van der Waals surface area contributed by atoms with Crippen LogP contribution in [0.3, 0.4) is 0 Å². The molecule has 1 heterocycles. The first-order valence-electron chi connectivity index (χ1n) is 7.72. The zero-order chi connectivity index (χ0) is 16.5. The maximum atomic E-state index is 12.5. The maximum absolute atomic E-state index is 12.5. The number of carbonyl (C=O) groups excluding carboxylic acids is 3. The molecule has 0 bridgehead atoms. The summed E-state index contributed by atoms with van der Waals surface area (Å²) < 4.78 is 5.34. The van der Waals surface area contributed by atoms with Gasteiger partial charge in [-0.3, -0.25) is 14.5 Å². The number of likely N-dealkylation sites (tertiary alicyclic amines) is 1. The highest BCUT2D eigenvalue weighted by Crippen LogP contribution is 2.36. The van der Waals surface area contributed by atoms with Crippen LogP contribution in [0.4, 0.5) is 4.79 Å². The lowest BCUT2D eigenvalue weighted by Crippen LogP contribution is -2.54. The molecule has 1 saturated carbocycles. The highest BCUT2D eigenvalue weighted by molar-refractivity contribution is 5.96. The number of likely N-dealkylation sites (N-methyl/N-ethyl adjacent to an activating group) is 1. The third-order valence-corrected chi connectivity index (χ3v) is 3.96. The monoisotopic (exact) mass is 311 g/mol. The zero-order valence-electron chi connectivity index (χ0n) is 13.7. The van der Waals surface area contributed by atoms with Gasteiger partial charge < -0.3 is 15.4 Å². The zero-order valence-corrected chi connectivity index (χ0v) is 13.7. The largest absolute Gasteiger partial charge is 0.444 e. The fourth-order valence-corrected chi connectivity index (χ4v) is 2.67. The Bertz CT molecular complexity index is 480. The number of carbonyl (C=O) groups is 3. The van der Waals surface area contributed by atoms with Crippen LogP contribution in [0.15, 0.2) is 0 Å². The lowest BCUT2D eigenvalue weighted by molar-refractivity contribution is -0.132. The van der Waals surface area contributed by atoms with E-state index < -0.39 is 23.3 Å². The average molecular weight is 311 g/mol. The molecule has 0 spiro atoms. The molecule has 0 aromatic heterocycles. The standard InChI is InChI=1S/C15H25N3O4/c1-14(2,3)22-13(21)18-9-5-6-10(18)11(19)17-15(7-8-15)12(20)16-4/h10H,5-9H2,1-4H3,(H,16,20)(H,17,19)/t10-/m0/s1. The van der Waals surface area contributed by atoms with Crippen LogP contribution < -0.4 is 10.6 Å². The smallest absolute Gasteiger partial charge is 0.410 e. The molecule has 2 N–H and O–H groups in total. The van der Waals surface area contributed by atoms with E-state index in [1.807, 2.05) is 0 Å². The first-order valence-corrected chi connectivity index (χ1v) is 7.72. The van der Waals surface area contributed by atoms with Crippen molar-refractivity contribution in [1.29, 1.82) is 0 Å². The number of ether oxygens (including phenoxy) is 1. The summed E-state index contributed by atoms with van der Waals surface area (Å²) in [7, 11) is 1.55. The van der Waals surface area contributed by atoms with Crippen LogP contribution in [0.1, 0.15) is 46.5 Å². The second kappa shape index (κ2) is 5.78. The Balaban J connectivity index is 2.00. The fraction of sp³-hybridized carbons (Fsp3) is 0.800. The van der Waals surface area contributed by atoms with E-state index in [9.17, 15) is 14.4 Å². The molecule has 22 heavy (non-hydrogen) atoms. The van der Waals surface area contributed by atoms with Crippen LogP contribution in [-0.4, -0.2) is 53.6 Å². The Labute approximate surface area is 130 Å². The number of rotatable bonds is 3. The van der Waals surface area contributed by atoms with Crippen molar-refractivity contribution in [2.75, 3.05) is 13.6 Å².